The Hall–Kier alpha value is -1.66. The number of aliphatic hydroxyl groups excluding tert-OH is 1. The van der Waals surface area contributed by atoms with Crippen molar-refractivity contribution in [2.24, 2.45) is 0 Å². The van der Waals surface area contributed by atoms with Crippen LogP contribution in [0.15, 0.2) is 47.6 Å². The lowest BCUT2D eigenvalue weighted by Crippen LogP contribution is -2.28. The van der Waals surface area contributed by atoms with E-state index < -0.39 is 15.9 Å². The van der Waals surface area contributed by atoms with Gasteiger partial charge in [-0.3, -0.25) is 9.52 Å². The number of rotatable bonds is 13. The Kier molecular flexibility index (Phi) is 11.8. The summed E-state index contributed by atoms with van der Waals surface area (Å²) in [7, 11) is -3.45. The number of aliphatic hydroxyl groups is 1. The van der Waals surface area contributed by atoms with Crippen molar-refractivity contribution in [1.29, 1.82) is 0 Å². The van der Waals surface area contributed by atoms with E-state index in [-0.39, 0.29) is 12.5 Å². The number of hydrogen-bond donors (Lipinski definition) is 2. The summed E-state index contributed by atoms with van der Waals surface area (Å²) < 4.78 is 23.9. The Morgan fingerprint density at radius 2 is 1.82 bits per heavy atom. The lowest BCUT2D eigenvalue weighted by molar-refractivity contribution is -0.119. The number of amides is 1. The largest absolute Gasteiger partial charge is 0.393 e. The molecule has 0 saturated heterocycles. The predicted octanol–water partition coefficient (Wildman–Crippen LogP) is 4.32. The van der Waals surface area contributed by atoms with Gasteiger partial charge in [-0.25, -0.2) is 8.42 Å². The van der Waals surface area contributed by atoms with Crippen LogP contribution in [0.5, 0.6) is 0 Å². The topological polar surface area (TPSA) is 83.5 Å². The van der Waals surface area contributed by atoms with Crippen molar-refractivity contribution in [3.05, 3.63) is 47.6 Å². The van der Waals surface area contributed by atoms with Crippen LogP contribution < -0.4 is 4.72 Å². The van der Waals surface area contributed by atoms with Crippen molar-refractivity contribution in [3.63, 3.8) is 0 Å². The predicted molar refractivity (Wildman–Crippen MR) is 115 cm³/mol. The van der Waals surface area contributed by atoms with Crippen LogP contribution in [0.3, 0.4) is 0 Å². The number of carbonyl (C=O) groups excluding carboxylic acids is 1. The average molecular weight is 410 g/mol. The normalized spacial score (nSPS) is 16.2. The van der Waals surface area contributed by atoms with Gasteiger partial charge in [0.1, 0.15) is 0 Å². The molecule has 1 unspecified atom stereocenters. The molecular weight excluding hydrogens is 374 g/mol. The summed E-state index contributed by atoms with van der Waals surface area (Å²) in [6.07, 6.45) is 21.7. The van der Waals surface area contributed by atoms with Gasteiger partial charge in [0.25, 0.3) is 0 Å². The van der Waals surface area contributed by atoms with Gasteiger partial charge in [0.2, 0.25) is 15.9 Å². The first-order valence-corrected chi connectivity index (χ1v) is 12.0. The lowest BCUT2D eigenvalue weighted by atomic mass is 9.93. The van der Waals surface area contributed by atoms with Crippen LogP contribution in [0.2, 0.25) is 0 Å². The van der Waals surface area contributed by atoms with Crippen molar-refractivity contribution < 1.29 is 18.3 Å². The van der Waals surface area contributed by atoms with Crippen LogP contribution in [-0.4, -0.2) is 31.8 Å². The van der Waals surface area contributed by atoms with Gasteiger partial charge in [0, 0.05) is 6.42 Å². The van der Waals surface area contributed by atoms with Gasteiger partial charge >= 0.3 is 0 Å². The second kappa shape index (κ2) is 13.5. The Morgan fingerprint density at radius 3 is 2.43 bits per heavy atom. The molecule has 0 radical (unpaired) electrons. The highest BCUT2D eigenvalue weighted by atomic mass is 32.2. The first-order chi connectivity index (χ1) is 13.3. The van der Waals surface area contributed by atoms with E-state index in [2.05, 4.69) is 43.4 Å². The highest BCUT2D eigenvalue weighted by Crippen LogP contribution is 2.24. The third-order valence-electron chi connectivity index (χ3n) is 4.46. The van der Waals surface area contributed by atoms with Crippen LogP contribution in [0.25, 0.3) is 0 Å². The molecular formula is C22H35NO4S. The first-order valence-electron chi connectivity index (χ1n) is 10.1. The molecule has 0 aromatic carbocycles. The van der Waals surface area contributed by atoms with Gasteiger partial charge in [-0.1, -0.05) is 60.9 Å². The van der Waals surface area contributed by atoms with E-state index in [1.807, 2.05) is 4.72 Å². The molecule has 1 aliphatic carbocycles. The maximum atomic E-state index is 11.4. The standard InChI is InChI=1S/C22H35NO4S/c1-3-11-21(24)16-9-8-13-20-15-10-14-19(18-20)12-6-4-5-7-17-22(25)23-28(2,26)27/h4,6,8-9,14-15,21,24H,3,5,7,10-13,16-18H2,1-2H3,(H,23,25)/b6-4-,9-8-. The number of allylic oxidation sites excluding steroid dienone is 7. The molecule has 5 nitrogen and oxygen atoms in total. The lowest BCUT2D eigenvalue weighted by Gasteiger charge is -2.13. The van der Waals surface area contributed by atoms with Crippen LogP contribution in [0, 0.1) is 0 Å². The molecule has 1 rings (SSSR count). The fourth-order valence-corrected chi connectivity index (χ4v) is 3.58. The Bertz CT molecular complexity index is 702. The smallest absolute Gasteiger partial charge is 0.233 e. The molecule has 0 spiro atoms. The zero-order chi connectivity index (χ0) is 20.8. The van der Waals surface area contributed by atoms with Gasteiger partial charge in [0.15, 0.2) is 0 Å². The summed E-state index contributed by atoms with van der Waals surface area (Å²) in [6.45, 7) is 2.08. The molecule has 0 aromatic heterocycles. The molecule has 0 aliphatic heterocycles. The van der Waals surface area contributed by atoms with Gasteiger partial charge in [0.05, 0.1) is 12.4 Å². The maximum Gasteiger partial charge on any atom is 0.233 e. The molecule has 1 amide bonds. The molecule has 0 saturated carbocycles. The van der Waals surface area contributed by atoms with Crippen molar-refractivity contribution in [3.8, 4) is 0 Å². The van der Waals surface area contributed by atoms with E-state index in [9.17, 15) is 18.3 Å². The number of nitrogens with one attached hydrogen (secondary N) is 1. The summed E-state index contributed by atoms with van der Waals surface area (Å²) in [6, 6.07) is 0. The Morgan fingerprint density at radius 1 is 1.18 bits per heavy atom. The molecule has 0 heterocycles. The van der Waals surface area contributed by atoms with Gasteiger partial charge < -0.3 is 5.11 Å². The van der Waals surface area contributed by atoms with E-state index in [1.54, 1.807) is 0 Å². The molecule has 0 fully saturated rings. The number of sulfonamides is 1. The molecule has 158 valence electrons. The summed E-state index contributed by atoms with van der Waals surface area (Å²) in [5.74, 6) is -0.448. The molecule has 1 aliphatic rings. The first kappa shape index (κ1) is 24.4. The van der Waals surface area contributed by atoms with E-state index in [0.717, 1.165) is 57.6 Å². The van der Waals surface area contributed by atoms with Gasteiger partial charge in [-0.15, -0.1) is 0 Å². The summed E-state index contributed by atoms with van der Waals surface area (Å²) >= 11 is 0. The molecule has 28 heavy (non-hydrogen) atoms. The van der Waals surface area contributed by atoms with Crippen LogP contribution >= 0.6 is 0 Å². The molecule has 1 atom stereocenters. The minimum absolute atomic E-state index is 0.215. The van der Waals surface area contributed by atoms with Crippen LogP contribution in [0.1, 0.15) is 71.1 Å². The average Bonchev–Trinajstić information content (AvgIpc) is 2.61. The molecule has 0 aromatic rings. The second-order valence-electron chi connectivity index (χ2n) is 7.36. The van der Waals surface area contributed by atoms with Crippen molar-refractivity contribution in [2.75, 3.05) is 6.26 Å². The maximum absolute atomic E-state index is 11.4. The highest BCUT2D eigenvalue weighted by Gasteiger charge is 2.07. The Labute approximate surface area is 170 Å². The fraction of sp³-hybridized carbons (Fsp3) is 0.591. The van der Waals surface area contributed by atoms with Crippen molar-refractivity contribution >= 4 is 15.9 Å². The number of carbonyl (C=O) groups is 1. The van der Waals surface area contributed by atoms with E-state index in [0.29, 0.717) is 6.42 Å². The van der Waals surface area contributed by atoms with Gasteiger partial charge in [-0.05, 0) is 51.4 Å². The van der Waals surface area contributed by atoms with E-state index in [4.69, 9.17) is 0 Å². The SMILES string of the molecule is CCCC(O)C/C=C\CC1=CCC=C(C/C=C\CCCC(=O)NS(C)(=O)=O)C1. The van der Waals surface area contributed by atoms with E-state index in [1.165, 1.54) is 11.1 Å². The van der Waals surface area contributed by atoms with Crippen molar-refractivity contribution in [2.45, 2.75) is 77.2 Å². The van der Waals surface area contributed by atoms with Gasteiger partial charge in [-0.2, -0.15) is 0 Å². The summed E-state index contributed by atoms with van der Waals surface area (Å²) in [4.78, 5) is 11.4. The van der Waals surface area contributed by atoms with Crippen molar-refractivity contribution in [1.82, 2.24) is 4.72 Å². The Balaban J connectivity index is 2.20. The third kappa shape index (κ3) is 12.7. The molecule has 6 heteroatoms. The summed E-state index contributed by atoms with van der Waals surface area (Å²) in [5.41, 5.74) is 2.83. The molecule has 0 bridgehead atoms. The quantitative estimate of drug-likeness (QED) is 0.350. The van der Waals surface area contributed by atoms with Crippen LogP contribution in [-0.2, 0) is 14.8 Å². The third-order valence-corrected chi connectivity index (χ3v) is 5.06. The minimum Gasteiger partial charge on any atom is -0.393 e. The zero-order valence-corrected chi connectivity index (χ0v) is 18.0. The van der Waals surface area contributed by atoms with E-state index >= 15 is 0 Å². The molecule has 2 N–H and O–H groups in total. The van der Waals surface area contributed by atoms with Crippen LogP contribution in [0.4, 0.5) is 0 Å². The zero-order valence-electron chi connectivity index (χ0n) is 17.2. The monoisotopic (exact) mass is 409 g/mol. The fourth-order valence-electron chi connectivity index (χ4n) is 3.07. The summed E-state index contributed by atoms with van der Waals surface area (Å²) in [5, 5.41) is 9.74. The number of hydrogen-bond acceptors (Lipinski definition) is 4. The number of unbranched alkanes of at least 4 members (excludes halogenated alkanes) is 1. The minimum atomic E-state index is -3.45. The second-order valence-corrected chi connectivity index (χ2v) is 9.10. The highest BCUT2D eigenvalue weighted by molar-refractivity contribution is 7.89.